The van der Waals surface area contributed by atoms with Crippen LogP contribution in [0.4, 0.5) is 5.69 Å². The molecular weight excluding hydrogens is 520 g/mol. The second-order valence-corrected chi connectivity index (χ2v) is 8.90. The zero-order valence-electron chi connectivity index (χ0n) is 17.9. The van der Waals surface area contributed by atoms with E-state index in [9.17, 15) is 4.79 Å². The van der Waals surface area contributed by atoms with Crippen LogP contribution in [0.25, 0.3) is 0 Å². The van der Waals surface area contributed by atoms with Gasteiger partial charge in [0.05, 0.1) is 30.7 Å². The number of hydrogen-bond donors (Lipinski definition) is 1. The van der Waals surface area contributed by atoms with Gasteiger partial charge in [0.15, 0.2) is 17.1 Å². The Kier molecular flexibility index (Phi) is 8.27. The lowest BCUT2D eigenvalue weighted by Crippen LogP contribution is -2.15. The molecule has 0 aliphatic carbocycles. The van der Waals surface area contributed by atoms with E-state index < -0.39 is 0 Å². The number of benzene rings is 2. The highest BCUT2D eigenvalue weighted by atomic mass is 79.9. The van der Waals surface area contributed by atoms with Gasteiger partial charge in [-0.05, 0) is 31.2 Å². The van der Waals surface area contributed by atoms with Gasteiger partial charge in [0.1, 0.15) is 17.2 Å². The van der Waals surface area contributed by atoms with Crippen molar-refractivity contribution in [2.75, 3.05) is 25.3 Å². The van der Waals surface area contributed by atoms with E-state index in [0.717, 1.165) is 10.2 Å². The van der Waals surface area contributed by atoms with Crippen molar-refractivity contribution in [1.29, 1.82) is 0 Å². The van der Waals surface area contributed by atoms with E-state index >= 15 is 0 Å². The molecule has 1 atom stereocenters. The van der Waals surface area contributed by atoms with Crippen molar-refractivity contribution in [2.24, 2.45) is 7.05 Å². The maximum Gasteiger partial charge on any atom is 0.234 e. The van der Waals surface area contributed by atoms with E-state index in [2.05, 4.69) is 31.4 Å². The van der Waals surface area contributed by atoms with Gasteiger partial charge in [0.25, 0.3) is 0 Å². The molecule has 1 N–H and O–H groups in total. The van der Waals surface area contributed by atoms with Crippen LogP contribution >= 0.6 is 39.3 Å². The average Bonchev–Trinajstić information content (AvgIpc) is 3.15. The first-order valence-electron chi connectivity index (χ1n) is 9.48. The van der Waals surface area contributed by atoms with Crippen LogP contribution in [0.2, 0.25) is 5.02 Å². The lowest BCUT2D eigenvalue weighted by Gasteiger charge is -2.14. The molecule has 32 heavy (non-hydrogen) atoms. The molecule has 0 bridgehead atoms. The van der Waals surface area contributed by atoms with Crippen LogP contribution in [-0.4, -0.2) is 40.6 Å². The molecule has 0 fully saturated rings. The summed E-state index contributed by atoms with van der Waals surface area (Å²) in [7, 11) is 4.84. The third-order valence-electron chi connectivity index (χ3n) is 4.44. The lowest BCUT2D eigenvalue weighted by molar-refractivity contribution is -0.113. The molecule has 0 radical (unpaired) electrons. The molecule has 0 aliphatic rings. The summed E-state index contributed by atoms with van der Waals surface area (Å²) in [4.78, 5) is 12.5. The van der Waals surface area contributed by atoms with Gasteiger partial charge in [-0.15, -0.1) is 10.2 Å². The van der Waals surface area contributed by atoms with Gasteiger partial charge in [0.2, 0.25) is 5.91 Å². The van der Waals surface area contributed by atoms with Crippen LogP contribution < -0.4 is 19.5 Å². The average molecular weight is 542 g/mol. The first-order valence-corrected chi connectivity index (χ1v) is 11.6. The summed E-state index contributed by atoms with van der Waals surface area (Å²) >= 11 is 10.8. The van der Waals surface area contributed by atoms with E-state index in [1.807, 2.05) is 42.8 Å². The van der Waals surface area contributed by atoms with Gasteiger partial charge in [-0.1, -0.05) is 39.3 Å². The topological polar surface area (TPSA) is 87.5 Å². The molecule has 1 unspecified atom stereocenters. The smallest absolute Gasteiger partial charge is 0.234 e. The van der Waals surface area contributed by atoms with Gasteiger partial charge in [-0.25, -0.2) is 0 Å². The minimum atomic E-state index is -0.317. The quantitative estimate of drug-likeness (QED) is 0.376. The van der Waals surface area contributed by atoms with Crippen molar-refractivity contribution in [3.63, 3.8) is 0 Å². The highest BCUT2D eigenvalue weighted by Crippen LogP contribution is 2.36. The zero-order chi connectivity index (χ0) is 23.3. The zero-order valence-corrected chi connectivity index (χ0v) is 21.0. The summed E-state index contributed by atoms with van der Waals surface area (Å²) in [5, 5.41) is 12.2. The molecule has 1 aromatic heterocycles. The number of hydrogen-bond acceptors (Lipinski definition) is 7. The van der Waals surface area contributed by atoms with E-state index in [1.165, 1.54) is 26.0 Å². The first-order chi connectivity index (χ1) is 15.3. The highest BCUT2D eigenvalue weighted by Gasteiger charge is 2.19. The van der Waals surface area contributed by atoms with Gasteiger partial charge in [-0.3, -0.25) is 4.79 Å². The molecule has 0 saturated carbocycles. The van der Waals surface area contributed by atoms with Crippen LogP contribution in [0.15, 0.2) is 46.0 Å². The number of anilines is 1. The van der Waals surface area contributed by atoms with E-state index in [1.54, 1.807) is 12.1 Å². The van der Waals surface area contributed by atoms with Crippen LogP contribution in [0.1, 0.15) is 18.9 Å². The standard InChI is InChI=1S/C21H22BrClN4O4S/c1-12(31-14-7-5-13(22)6-8-14)20-25-26-21(27(20)2)32-11-19(28)24-16-10-17(29-3)15(23)9-18(16)30-4/h5-10,12H,11H2,1-4H3,(H,24,28). The first kappa shape index (κ1) is 24.2. The largest absolute Gasteiger partial charge is 0.495 e. The van der Waals surface area contributed by atoms with Crippen molar-refractivity contribution in [2.45, 2.75) is 18.2 Å². The fourth-order valence-corrected chi connectivity index (χ4v) is 4.06. The SMILES string of the molecule is COc1cc(NC(=O)CSc2nnc(C(C)Oc3ccc(Br)cc3)n2C)c(OC)cc1Cl. The molecule has 170 valence electrons. The van der Waals surface area contributed by atoms with Crippen molar-refractivity contribution in [1.82, 2.24) is 14.8 Å². The summed E-state index contributed by atoms with van der Waals surface area (Å²) in [6.45, 7) is 1.90. The third kappa shape index (κ3) is 5.87. The molecule has 1 amide bonds. The number of nitrogens with zero attached hydrogens (tertiary/aromatic N) is 3. The summed E-state index contributed by atoms with van der Waals surface area (Å²) < 4.78 is 19.2. The predicted molar refractivity (Wildman–Crippen MR) is 128 cm³/mol. The van der Waals surface area contributed by atoms with Crippen LogP contribution in [0.5, 0.6) is 17.2 Å². The maximum absolute atomic E-state index is 12.5. The highest BCUT2D eigenvalue weighted by molar-refractivity contribution is 9.10. The monoisotopic (exact) mass is 540 g/mol. The fraction of sp³-hybridized carbons (Fsp3) is 0.286. The Labute approximate surface area is 203 Å². The van der Waals surface area contributed by atoms with E-state index in [0.29, 0.717) is 33.2 Å². The van der Waals surface area contributed by atoms with Crippen molar-refractivity contribution in [3.05, 3.63) is 51.7 Å². The normalized spacial score (nSPS) is 11.7. The fourth-order valence-electron chi connectivity index (χ4n) is 2.85. The molecule has 0 aliphatic heterocycles. The van der Waals surface area contributed by atoms with Crippen molar-refractivity contribution in [3.8, 4) is 17.2 Å². The number of thioether (sulfide) groups is 1. The van der Waals surface area contributed by atoms with Gasteiger partial charge < -0.3 is 24.1 Å². The molecule has 0 saturated heterocycles. The summed E-state index contributed by atoms with van der Waals surface area (Å²) in [5.74, 6) is 2.15. The molecular formula is C21H22BrClN4O4S. The summed E-state index contributed by atoms with van der Waals surface area (Å²) in [5.41, 5.74) is 0.467. The Morgan fingerprint density at radius 3 is 2.53 bits per heavy atom. The number of aromatic nitrogens is 3. The number of carbonyl (C=O) groups is 1. The Hall–Kier alpha value is -2.43. The van der Waals surface area contributed by atoms with Gasteiger partial charge >= 0.3 is 0 Å². The number of carbonyl (C=O) groups excluding carboxylic acids is 1. The number of nitrogens with one attached hydrogen (secondary N) is 1. The number of methoxy groups -OCH3 is 2. The number of halogens is 2. The number of ether oxygens (including phenoxy) is 3. The Bertz CT molecular complexity index is 1090. The van der Waals surface area contributed by atoms with Gasteiger partial charge in [-0.2, -0.15) is 0 Å². The molecule has 3 aromatic rings. The molecule has 8 nitrogen and oxygen atoms in total. The maximum atomic E-state index is 12.5. The van der Waals surface area contributed by atoms with Gasteiger partial charge in [0, 0.05) is 23.7 Å². The van der Waals surface area contributed by atoms with Crippen LogP contribution in [0, 0.1) is 0 Å². The molecule has 2 aromatic carbocycles. The Morgan fingerprint density at radius 1 is 1.19 bits per heavy atom. The lowest BCUT2D eigenvalue weighted by atomic mass is 10.2. The predicted octanol–water partition coefficient (Wildman–Crippen LogP) is 5.12. The summed E-state index contributed by atoms with van der Waals surface area (Å²) in [6.07, 6.45) is -0.317. The van der Waals surface area contributed by atoms with Crippen LogP contribution in [0.3, 0.4) is 0 Å². The molecule has 1 heterocycles. The molecule has 0 spiro atoms. The molecule has 3 rings (SSSR count). The second kappa shape index (κ2) is 10.9. The Morgan fingerprint density at radius 2 is 1.88 bits per heavy atom. The third-order valence-corrected chi connectivity index (χ3v) is 6.28. The second-order valence-electron chi connectivity index (χ2n) is 6.64. The van der Waals surface area contributed by atoms with E-state index in [-0.39, 0.29) is 17.8 Å². The number of rotatable bonds is 9. The van der Waals surface area contributed by atoms with E-state index in [4.69, 9.17) is 25.8 Å². The molecule has 11 heteroatoms. The van der Waals surface area contributed by atoms with Crippen molar-refractivity contribution < 1.29 is 19.0 Å². The number of amides is 1. The minimum Gasteiger partial charge on any atom is -0.495 e. The van der Waals surface area contributed by atoms with Crippen molar-refractivity contribution >= 4 is 50.9 Å². The minimum absolute atomic E-state index is 0.127. The summed E-state index contributed by atoms with van der Waals surface area (Å²) in [6, 6.07) is 10.8. The Balaban J connectivity index is 1.62. The van der Waals surface area contributed by atoms with Crippen LogP contribution in [-0.2, 0) is 11.8 Å².